The van der Waals surface area contributed by atoms with Gasteiger partial charge in [0.2, 0.25) is 0 Å². The van der Waals surface area contributed by atoms with Gasteiger partial charge in [-0.25, -0.2) is 0 Å². The molecule has 0 bridgehead atoms. The lowest BCUT2D eigenvalue weighted by Gasteiger charge is -2.15. The summed E-state index contributed by atoms with van der Waals surface area (Å²) in [6.07, 6.45) is 1.43. The van der Waals surface area contributed by atoms with Crippen molar-refractivity contribution < 1.29 is 24.2 Å². The first-order valence-electron chi connectivity index (χ1n) is 11.1. The van der Waals surface area contributed by atoms with Gasteiger partial charge in [-0.1, -0.05) is 17.7 Å². The molecule has 8 nitrogen and oxygen atoms in total. The first kappa shape index (κ1) is 27.8. The number of nitrogens with one attached hydrogen (secondary N) is 2. The van der Waals surface area contributed by atoms with E-state index >= 15 is 0 Å². The molecule has 0 spiro atoms. The Hall–Kier alpha value is -3.75. The summed E-state index contributed by atoms with van der Waals surface area (Å²) in [6, 6.07) is 16.4. The monoisotopic (exact) mass is 631 g/mol. The van der Waals surface area contributed by atoms with Gasteiger partial charge in [0, 0.05) is 16.4 Å². The summed E-state index contributed by atoms with van der Waals surface area (Å²) < 4.78 is 12.1. The maximum Gasteiger partial charge on any atom is 0.266 e. The summed E-state index contributed by atoms with van der Waals surface area (Å²) in [7, 11) is 0. The maximum atomic E-state index is 12.6. The Morgan fingerprint density at radius 1 is 1.08 bits per heavy atom. The molecule has 0 atom stereocenters. The second-order valence-electron chi connectivity index (χ2n) is 7.73. The SMILES string of the molecule is CCOc1cc(/C=C(\C#N)C(=O)Nc2ccc(O)cc2)cc(I)c1OCC(=O)Nc1ccc(C)c(Cl)c1. The highest BCUT2D eigenvalue weighted by Gasteiger charge is 2.16. The summed E-state index contributed by atoms with van der Waals surface area (Å²) in [4.78, 5) is 25.0. The van der Waals surface area contributed by atoms with Crippen LogP contribution in [0.4, 0.5) is 11.4 Å². The molecule has 0 aliphatic rings. The number of amides is 2. The number of phenols is 1. The van der Waals surface area contributed by atoms with Gasteiger partial charge in [0.05, 0.1) is 10.2 Å². The fourth-order valence-electron chi connectivity index (χ4n) is 3.14. The lowest BCUT2D eigenvalue weighted by atomic mass is 10.1. The van der Waals surface area contributed by atoms with E-state index in [1.54, 1.807) is 31.2 Å². The van der Waals surface area contributed by atoms with Crippen LogP contribution in [0, 0.1) is 21.8 Å². The number of rotatable bonds is 9. The number of aryl methyl sites for hydroxylation is 1. The third-order valence-electron chi connectivity index (χ3n) is 4.94. The van der Waals surface area contributed by atoms with Crippen molar-refractivity contribution in [2.75, 3.05) is 23.8 Å². The number of ether oxygens (including phenoxy) is 2. The molecule has 3 rings (SSSR count). The molecule has 0 aliphatic carbocycles. The molecule has 0 unspecified atom stereocenters. The lowest BCUT2D eigenvalue weighted by Crippen LogP contribution is -2.20. The molecule has 37 heavy (non-hydrogen) atoms. The van der Waals surface area contributed by atoms with E-state index in [2.05, 4.69) is 10.6 Å². The van der Waals surface area contributed by atoms with Gasteiger partial charge in [-0.3, -0.25) is 9.59 Å². The Morgan fingerprint density at radius 2 is 1.78 bits per heavy atom. The van der Waals surface area contributed by atoms with Crippen LogP contribution in [0.5, 0.6) is 17.2 Å². The van der Waals surface area contributed by atoms with Crippen molar-refractivity contribution in [3.8, 4) is 23.3 Å². The summed E-state index contributed by atoms with van der Waals surface area (Å²) in [5.74, 6) is -0.188. The van der Waals surface area contributed by atoms with E-state index in [0.717, 1.165) is 5.56 Å². The number of aromatic hydroxyl groups is 1. The molecule has 10 heteroatoms. The molecule has 0 saturated carbocycles. The second kappa shape index (κ2) is 13.0. The molecular formula is C27H23ClIN3O5. The Morgan fingerprint density at radius 3 is 2.43 bits per heavy atom. The van der Waals surface area contributed by atoms with Crippen LogP contribution in [0.25, 0.3) is 6.08 Å². The van der Waals surface area contributed by atoms with Crippen LogP contribution in [0.15, 0.2) is 60.2 Å². The van der Waals surface area contributed by atoms with Gasteiger partial charge < -0.3 is 25.2 Å². The Kier molecular flexibility index (Phi) is 9.77. The topological polar surface area (TPSA) is 121 Å². The molecule has 0 heterocycles. The minimum Gasteiger partial charge on any atom is -0.508 e. The Labute approximate surface area is 233 Å². The van der Waals surface area contributed by atoms with Crippen molar-refractivity contribution >= 4 is 63.5 Å². The number of anilines is 2. The summed E-state index contributed by atoms with van der Waals surface area (Å²) in [6.45, 7) is 3.74. The number of carbonyl (C=O) groups excluding carboxylic acids is 2. The van der Waals surface area contributed by atoms with Crippen molar-refractivity contribution in [1.29, 1.82) is 5.26 Å². The van der Waals surface area contributed by atoms with Crippen molar-refractivity contribution in [2.24, 2.45) is 0 Å². The van der Waals surface area contributed by atoms with Crippen LogP contribution in [0.1, 0.15) is 18.1 Å². The zero-order valence-corrected chi connectivity index (χ0v) is 22.9. The normalized spacial score (nSPS) is 10.8. The largest absolute Gasteiger partial charge is 0.508 e. The van der Waals surface area contributed by atoms with E-state index in [1.807, 2.05) is 41.7 Å². The average Bonchev–Trinajstić information content (AvgIpc) is 2.85. The summed E-state index contributed by atoms with van der Waals surface area (Å²) in [5.41, 5.74) is 2.30. The van der Waals surface area contributed by atoms with Crippen molar-refractivity contribution in [2.45, 2.75) is 13.8 Å². The standard InChI is InChI=1S/C27H23ClIN3O5/c1-3-36-24-12-17(10-18(14-30)27(35)32-19-6-8-21(33)9-7-19)11-23(29)26(24)37-15-25(34)31-20-5-4-16(2)22(28)13-20/h4-13,33H,3,15H2,1-2H3,(H,31,34)(H,32,35)/b18-10+. The molecule has 3 aromatic rings. The van der Waals surface area contributed by atoms with Gasteiger partial charge in [-0.15, -0.1) is 0 Å². The van der Waals surface area contributed by atoms with Crippen LogP contribution in [0.2, 0.25) is 5.02 Å². The van der Waals surface area contributed by atoms with E-state index in [-0.39, 0.29) is 23.8 Å². The number of phenolic OH excluding ortho intramolecular Hbond substituents is 1. The van der Waals surface area contributed by atoms with E-state index in [1.165, 1.54) is 30.3 Å². The minimum atomic E-state index is -0.602. The third kappa shape index (κ3) is 7.87. The van der Waals surface area contributed by atoms with Crippen LogP contribution < -0.4 is 20.1 Å². The number of benzene rings is 3. The predicted octanol–water partition coefficient (Wildman–Crippen LogP) is 5.92. The zero-order chi connectivity index (χ0) is 26.9. The van der Waals surface area contributed by atoms with E-state index < -0.39 is 5.91 Å². The number of carbonyl (C=O) groups is 2. The van der Waals surface area contributed by atoms with E-state index in [0.29, 0.717) is 43.6 Å². The highest BCUT2D eigenvalue weighted by Crippen LogP contribution is 2.35. The van der Waals surface area contributed by atoms with Crippen LogP contribution >= 0.6 is 34.2 Å². The summed E-state index contributed by atoms with van der Waals surface area (Å²) in [5, 5.41) is 24.8. The highest BCUT2D eigenvalue weighted by molar-refractivity contribution is 14.1. The first-order valence-corrected chi connectivity index (χ1v) is 12.5. The zero-order valence-electron chi connectivity index (χ0n) is 20.0. The lowest BCUT2D eigenvalue weighted by molar-refractivity contribution is -0.118. The van der Waals surface area contributed by atoms with Crippen molar-refractivity contribution in [3.63, 3.8) is 0 Å². The third-order valence-corrected chi connectivity index (χ3v) is 6.14. The second-order valence-corrected chi connectivity index (χ2v) is 9.30. The molecule has 0 radical (unpaired) electrons. The fourth-order valence-corrected chi connectivity index (χ4v) is 4.10. The Bertz CT molecular complexity index is 1380. The first-order chi connectivity index (χ1) is 17.7. The molecule has 0 aromatic heterocycles. The van der Waals surface area contributed by atoms with Crippen molar-refractivity contribution in [1.82, 2.24) is 0 Å². The van der Waals surface area contributed by atoms with Gasteiger partial charge in [-0.05, 0) is 102 Å². The number of nitrogens with zero attached hydrogens (tertiary/aromatic N) is 1. The van der Waals surface area contributed by atoms with Crippen LogP contribution in [-0.2, 0) is 9.59 Å². The van der Waals surface area contributed by atoms with Crippen molar-refractivity contribution in [3.05, 3.63) is 79.9 Å². The van der Waals surface area contributed by atoms with Gasteiger partial charge in [0.15, 0.2) is 18.1 Å². The number of hydrogen-bond donors (Lipinski definition) is 3. The number of nitriles is 1. The molecule has 190 valence electrons. The molecular weight excluding hydrogens is 609 g/mol. The van der Waals surface area contributed by atoms with Gasteiger partial charge in [0.25, 0.3) is 11.8 Å². The summed E-state index contributed by atoms with van der Waals surface area (Å²) >= 11 is 8.15. The van der Waals surface area contributed by atoms with Gasteiger partial charge >= 0.3 is 0 Å². The van der Waals surface area contributed by atoms with Gasteiger partial charge in [0.1, 0.15) is 17.4 Å². The number of halogens is 2. The average molecular weight is 632 g/mol. The smallest absolute Gasteiger partial charge is 0.266 e. The van der Waals surface area contributed by atoms with Crippen LogP contribution in [0.3, 0.4) is 0 Å². The predicted molar refractivity (Wildman–Crippen MR) is 151 cm³/mol. The minimum absolute atomic E-state index is 0.0615. The number of hydrogen-bond acceptors (Lipinski definition) is 6. The van der Waals surface area contributed by atoms with E-state index in [4.69, 9.17) is 21.1 Å². The maximum absolute atomic E-state index is 12.6. The molecule has 0 saturated heterocycles. The molecule has 2 amide bonds. The van der Waals surface area contributed by atoms with E-state index in [9.17, 15) is 20.0 Å². The fraction of sp³-hybridized carbons (Fsp3) is 0.148. The molecule has 3 N–H and O–H groups in total. The molecule has 0 aliphatic heterocycles. The molecule has 0 fully saturated rings. The quantitative estimate of drug-likeness (QED) is 0.117. The highest BCUT2D eigenvalue weighted by atomic mass is 127. The Balaban J connectivity index is 1.76. The van der Waals surface area contributed by atoms with Gasteiger partial charge in [-0.2, -0.15) is 5.26 Å². The molecule has 3 aromatic carbocycles. The van der Waals surface area contributed by atoms with Crippen LogP contribution in [-0.4, -0.2) is 30.1 Å².